The lowest BCUT2D eigenvalue weighted by Gasteiger charge is -2.08. The normalized spacial score (nSPS) is 10.8. The Morgan fingerprint density at radius 1 is 0.926 bits per heavy atom. The van der Waals surface area contributed by atoms with Gasteiger partial charge in [-0.05, 0) is 48.6 Å². The molecule has 2 rings (SSSR count). The molecule has 0 aliphatic heterocycles. The standard InChI is InChI=1S/C21H24O6/c1-23-12-13-26-15-27-18-8-4-16(5-9-18)20(22)11-7-17-6-10-19(24-2)14-21(17)25-3/h4-11,14H,12-13,15H2,1-3H3/b11-7+. The number of rotatable bonds is 11. The van der Waals surface area contributed by atoms with Crippen molar-refractivity contribution in [1.29, 1.82) is 0 Å². The molecule has 0 unspecified atom stereocenters. The second-order valence-corrected chi connectivity index (χ2v) is 5.49. The molecule has 6 heteroatoms. The smallest absolute Gasteiger partial charge is 0.189 e. The van der Waals surface area contributed by atoms with E-state index in [4.69, 9.17) is 23.7 Å². The maximum absolute atomic E-state index is 12.4. The summed E-state index contributed by atoms with van der Waals surface area (Å²) in [6.45, 7) is 1.11. The molecule has 0 spiro atoms. The van der Waals surface area contributed by atoms with Gasteiger partial charge in [0.25, 0.3) is 0 Å². The van der Waals surface area contributed by atoms with Gasteiger partial charge in [0, 0.05) is 24.3 Å². The lowest BCUT2D eigenvalue weighted by molar-refractivity contribution is -0.00847. The number of benzene rings is 2. The van der Waals surface area contributed by atoms with E-state index < -0.39 is 0 Å². The Labute approximate surface area is 159 Å². The Morgan fingerprint density at radius 3 is 2.33 bits per heavy atom. The number of methoxy groups -OCH3 is 3. The highest BCUT2D eigenvalue weighted by Gasteiger charge is 2.05. The largest absolute Gasteiger partial charge is 0.497 e. The van der Waals surface area contributed by atoms with Crippen molar-refractivity contribution in [3.63, 3.8) is 0 Å². The van der Waals surface area contributed by atoms with Crippen LogP contribution in [-0.4, -0.2) is 47.1 Å². The average molecular weight is 372 g/mol. The summed E-state index contributed by atoms with van der Waals surface area (Å²) in [5.41, 5.74) is 1.35. The zero-order chi connectivity index (χ0) is 19.5. The van der Waals surface area contributed by atoms with Gasteiger partial charge in [-0.15, -0.1) is 0 Å². The Morgan fingerprint density at radius 2 is 1.67 bits per heavy atom. The highest BCUT2D eigenvalue weighted by atomic mass is 16.7. The van der Waals surface area contributed by atoms with Crippen LogP contribution in [-0.2, 0) is 9.47 Å². The third kappa shape index (κ3) is 6.44. The van der Waals surface area contributed by atoms with Gasteiger partial charge in [-0.2, -0.15) is 0 Å². The van der Waals surface area contributed by atoms with E-state index in [2.05, 4.69) is 0 Å². The molecule has 0 fully saturated rings. The molecule has 0 aliphatic rings. The minimum absolute atomic E-state index is 0.115. The van der Waals surface area contributed by atoms with Crippen molar-refractivity contribution < 1.29 is 28.5 Å². The molecule has 144 valence electrons. The highest BCUT2D eigenvalue weighted by Crippen LogP contribution is 2.25. The summed E-state index contributed by atoms with van der Waals surface area (Å²) >= 11 is 0. The maximum atomic E-state index is 12.4. The van der Waals surface area contributed by atoms with E-state index in [1.807, 2.05) is 12.1 Å². The second-order valence-electron chi connectivity index (χ2n) is 5.49. The van der Waals surface area contributed by atoms with Crippen molar-refractivity contribution in [3.05, 3.63) is 59.7 Å². The molecule has 27 heavy (non-hydrogen) atoms. The van der Waals surface area contributed by atoms with Crippen LogP contribution in [0.25, 0.3) is 6.08 Å². The molecule has 0 saturated heterocycles. The molecule has 0 N–H and O–H groups in total. The van der Waals surface area contributed by atoms with Crippen LogP contribution in [0.4, 0.5) is 0 Å². The Balaban J connectivity index is 1.94. The number of carbonyl (C=O) groups excluding carboxylic acids is 1. The van der Waals surface area contributed by atoms with Crippen molar-refractivity contribution in [1.82, 2.24) is 0 Å². The van der Waals surface area contributed by atoms with Crippen molar-refractivity contribution in [2.75, 3.05) is 41.3 Å². The lowest BCUT2D eigenvalue weighted by atomic mass is 10.1. The summed E-state index contributed by atoms with van der Waals surface area (Å²) in [5.74, 6) is 1.84. The minimum Gasteiger partial charge on any atom is -0.497 e. The number of allylic oxidation sites excluding steroid dienone is 1. The number of ether oxygens (including phenoxy) is 5. The summed E-state index contributed by atoms with van der Waals surface area (Å²) in [4.78, 5) is 12.4. The van der Waals surface area contributed by atoms with E-state index in [0.29, 0.717) is 36.0 Å². The predicted molar refractivity (Wildman–Crippen MR) is 103 cm³/mol. The van der Waals surface area contributed by atoms with E-state index in [0.717, 1.165) is 5.56 Å². The van der Waals surface area contributed by atoms with Gasteiger partial charge in [-0.1, -0.05) is 0 Å². The van der Waals surface area contributed by atoms with Crippen LogP contribution in [0.2, 0.25) is 0 Å². The van der Waals surface area contributed by atoms with Gasteiger partial charge >= 0.3 is 0 Å². The third-order valence-electron chi connectivity index (χ3n) is 3.73. The maximum Gasteiger partial charge on any atom is 0.189 e. The van der Waals surface area contributed by atoms with Crippen LogP contribution in [0.1, 0.15) is 15.9 Å². The Hall–Kier alpha value is -2.83. The van der Waals surface area contributed by atoms with Gasteiger partial charge < -0.3 is 23.7 Å². The Bertz CT molecular complexity index is 752. The molecule has 0 aromatic heterocycles. The van der Waals surface area contributed by atoms with Gasteiger partial charge in [-0.25, -0.2) is 0 Å². The quantitative estimate of drug-likeness (QED) is 0.260. The molecule has 0 heterocycles. The van der Waals surface area contributed by atoms with E-state index in [1.54, 1.807) is 57.7 Å². The first kappa shape index (κ1) is 20.5. The van der Waals surface area contributed by atoms with E-state index in [9.17, 15) is 4.79 Å². The van der Waals surface area contributed by atoms with Crippen LogP contribution >= 0.6 is 0 Å². The molecule has 0 bridgehead atoms. The topological polar surface area (TPSA) is 63.2 Å². The number of hydrogen-bond acceptors (Lipinski definition) is 6. The summed E-state index contributed by atoms with van der Waals surface area (Å²) in [5, 5.41) is 0. The molecule has 6 nitrogen and oxygen atoms in total. The van der Waals surface area contributed by atoms with Gasteiger partial charge in [0.2, 0.25) is 0 Å². The Kier molecular flexibility index (Phi) is 8.35. The van der Waals surface area contributed by atoms with Crippen molar-refractivity contribution in [2.24, 2.45) is 0 Å². The van der Waals surface area contributed by atoms with Gasteiger partial charge in [-0.3, -0.25) is 4.79 Å². The second kappa shape index (κ2) is 11.0. The van der Waals surface area contributed by atoms with Gasteiger partial charge in [0.05, 0.1) is 27.4 Å². The fraction of sp³-hybridized carbons (Fsp3) is 0.286. The zero-order valence-corrected chi connectivity index (χ0v) is 15.8. The number of hydrogen-bond donors (Lipinski definition) is 0. The molecule has 0 radical (unpaired) electrons. The first-order chi connectivity index (χ1) is 13.2. The van der Waals surface area contributed by atoms with E-state index >= 15 is 0 Å². The summed E-state index contributed by atoms with van der Waals surface area (Å²) in [6.07, 6.45) is 3.22. The zero-order valence-electron chi connectivity index (χ0n) is 15.8. The summed E-state index contributed by atoms with van der Waals surface area (Å²) in [6, 6.07) is 12.3. The van der Waals surface area contributed by atoms with Crippen molar-refractivity contribution in [2.45, 2.75) is 0 Å². The molecule has 0 atom stereocenters. The highest BCUT2D eigenvalue weighted by molar-refractivity contribution is 6.07. The number of carbonyl (C=O) groups is 1. The lowest BCUT2D eigenvalue weighted by Crippen LogP contribution is -2.07. The third-order valence-corrected chi connectivity index (χ3v) is 3.73. The minimum atomic E-state index is -0.115. The van der Waals surface area contributed by atoms with Gasteiger partial charge in [0.1, 0.15) is 17.2 Å². The molecule has 0 aliphatic carbocycles. The van der Waals surface area contributed by atoms with Crippen LogP contribution in [0.5, 0.6) is 17.2 Å². The molecule has 2 aromatic carbocycles. The summed E-state index contributed by atoms with van der Waals surface area (Å²) < 4.78 is 26.0. The van der Waals surface area contributed by atoms with Crippen LogP contribution < -0.4 is 14.2 Å². The molecule has 2 aromatic rings. The van der Waals surface area contributed by atoms with Crippen LogP contribution in [0, 0.1) is 0 Å². The summed E-state index contributed by atoms with van der Waals surface area (Å²) in [7, 11) is 4.78. The monoisotopic (exact) mass is 372 g/mol. The first-order valence-electron chi connectivity index (χ1n) is 8.42. The van der Waals surface area contributed by atoms with Crippen LogP contribution in [0.15, 0.2) is 48.5 Å². The fourth-order valence-corrected chi connectivity index (χ4v) is 2.24. The SMILES string of the molecule is COCCOCOc1ccc(C(=O)/C=C/c2ccc(OC)cc2OC)cc1. The first-order valence-corrected chi connectivity index (χ1v) is 8.42. The van der Waals surface area contributed by atoms with E-state index in [-0.39, 0.29) is 12.6 Å². The van der Waals surface area contributed by atoms with Crippen molar-refractivity contribution >= 4 is 11.9 Å². The van der Waals surface area contributed by atoms with Crippen LogP contribution in [0.3, 0.4) is 0 Å². The molecular formula is C21H24O6. The average Bonchev–Trinajstić information content (AvgIpc) is 2.72. The molecule has 0 amide bonds. The predicted octanol–water partition coefficient (Wildman–Crippen LogP) is 3.60. The fourth-order valence-electron chi connectivity index (χ4n) is 2.24. The van der Waals surface area contributed by atoms with E-state index in [1.165, 1.54) is 6.08 Å². The molecule has 0 saturated carbocycles. The van der Waals surface area contributed by atoms with Crippen molar-refractivity contribution in [3.8, 4) is 17.2 Å². The van der Waals surface area contributed by atoms with Gasteiger partial charge in [0.15, 0.2) is 12.6 Å². The number of ketones is 1. The molecular weight excluding hydrogens is 348 g/mol.